The summed E-state index contributed by atoms with van der Waals surface area (Å²) in [6.45, 7) is 3.58. The van der Waals surface area contributed by atoms with Crippen LogP contribution in [0.2, 0.25) is 5.02 Å². The standard InChI is InChI=1S/C10H11ClN2O2/c1-2-7-15-10(14)13-12-9-6-4-3-5-8(9)11/h2-6,12H,1,7H2,(H,13,14). The van der Waals surface area contributed by atoms with E-state index in [1.807, 2.05) is 0 Å². The van der Waals surface area contributed by atoms with E-state index in [1.54, 1.807) is 24.3 Å². The molecule has 0 spiro atoms. The van der Waals surface area contributed by atoms with Crippen molar-refractivity contribution in [2.75, 3.05) is 12.0 Å². The number of benzene rings is 1. The summed E-state index contributed by atoms with van der Waals surface area (Å²) in [4.78, 5) is 11.0. The minimum atomic E-state index is -0.588. The van der Waals surface area contributed by atoms with Crippen LogP contribution in [-0.2, 0) is 4.74 Å². The summed E-state index contributed by atoms with van der Waals surface area (Å²) in [5.74, 6) is 0. The molecule has 1 rings (SSSR count). The number of rotatable bonds is 4. The Labute approximate surface area is 92.8 Å². The molecule has 1 amide bonds. The Morgan fingerprint density at radius 3 is 2.93 bits per heavy atom. The van der Waals surface area contributed by atoms with Crippen LogP contribution in [0.3, 0.4) is 0 Å². The maximum atomic E-state index is 11.0. The highest BCUT2D eigenvalue weighted by atomic mass is 35.5. The van der Waals surface area contributed by atoms with Crippen LogP contribution in [0.1, 0.15) is 0 Å². The van der Waals surface area contributed by atoms with Gasteiger partial charge >= 0.3 is 6.09 Å². The molecular formula is C10H11ClN2O2. The molecular weight excluding hydrogens is 216 g/mol. The lowest BCUT2D eigenvalue weighted by Gasteiger charge is -2.09. The molecule has 0 saturated heterocycles. The molecule has 0 atom stereocenters. The Kier molecular flexibility index (Phi) is 4.50. The van der Waals surface area contributed by atoms with E-state index in [0.717, 1.165) is 0 Å². The lowest BCUT2D eigenvalue weighted by molar-refractivity contribution is 0.160. The number of nitrogens with one attached hydrogen (secondary N) is 2. The third-order valence-corrected chi connectivity index (χ3v) is 1.83. The Morgan fingerprint density at radius 2 is 2.27 bits per heavy atom. The van der Waals surface area contributed by atoms with Crippen LogP contribution in [0.5, 0.6) is 0 Å². The topological polar surface area (TPSA) is 50.4 Å². The number of halogens is 1. The van der Waals surface area contributed by atoms with Crippen LogP contribution in [0.4, 0.5) is 10.5 Å². The van der Waals surface area contributed by atoms with Crippen molar-refractivity contribution < 1.29 is 9.53 Å². The Hall–Kier alpha value is -1.68. The monoisotopic (exact) mass is 226 g/mol. The second kappa shape index (κ2) is 5.93. The van der Waals surface area contributed by atoms with Crippen molar-refractivity contribution in [1.82, 2.24) is 5.43 Å². The molecule has 4 nitrogen and oxygen atoms in total. The van der Waals surface area contributed by atoms with Gasteiger partial charge in [0.05, 0.1) is 10.7 Å². The average molecular weight is 227 g/mol. The van der Waals surface area contributed by atoms with Crippen molar-refractivity contribution in [3.63, 3.8) is 0 Å². The van der Waals surface area contributed by atoms with Gasteiger partial charge < -0.3 is 4.74 Å². The van der Waals surface area contributed by atoms with Gasteiger partial charge in [-0.15, -0.1) is 0 Å². The first-order valence-electron chi connectivity index (χ1n) is 4.28. The molecule has 2 N–H and O–H groups in total. The lowest BCUT2D eigenvalue weighted by atomic mass is 10.3. The summed E-state index contributed by atoms with van der Waals surface area (Å²) in [5.41, 5.74) is 5.57. The van der Waals surface area contributed by atoms with E-state index in [9.17, 15) is 4.79 Å². The summed E-state index contributed by atoms with van der Waals surface area (Å²) in [5, 5.41) is 0.515. The molecule has 15 heavy (non-hydrogen) atoms. The maximum absolute atomic E-state index is 11.0. The number of carbonyl (C=O) groups is 1. The number of anilines is 1. The van der Waals surface area contributed by atoms with Gasteiger partial charge in [-0.1, -0.05) is 36.4 Å². The molecule has 80 valence electrons. The van der Waals surface area contributed by atoms with Crippen molar-refractivity contribution in [2.24, 2.45) is 0 Å². The number of hydrogen-bond donors (Lipinski definition) is 2. The quantitative estimate of drug-likeness (QED) is 0.613. The van der Waals surface area contributed by atoms with E-state index in [0.29, 0.717) is 10.7 Å². The number of para-hydroxylation sites is 1. The van der Waals surface area contributed by atoms with Crippen molar-refractivity contribution in [3.05, 3.63) is 41.9 Å². The second-order valence-electron chi connectivity index (χ2n) is 2.62. The number of hydrogen-bond acceptors (Lipinski definition) is 3. The fourth-order valence-electron chi connectivity index (χ4n) is 0.852. The molecule has 0 unspecified atom stereocenters. The molecule has 0 heterocycles. The van der Waals surface area contributed by atoms with Gasteiger partial charge in [-0.3, -0.25) is 5.43 Å². The molecule has 0 saturated carbocycles. The smallest absolute Gasteiger partial charge is 0.426 e. The SMILES string of the molecule is C=CCOC(=O)NNc1ccccc1Cl. The molecule has 0 bridgehead atoms. The summed E-state index contributed by atoms with van der Waals surface area (Å²) >= 11 is 5.84. The van der Waals surface area contributed by atoms with Gasteiger partial charge in [0.25, 0.3) is 0 Å². The third-order valence-electron chi connectivity index (χ3n) is 1.51. The normalized spacial score (nSPS) is 9.13. The molecule has 1 aromatic rings. The molecule has 0 radical (unpaired) electrons. The second-order valence-corrected chi connectivity index (χ2v) is 3.02. The van der Waals surface area contributed by atoms with Crippen molar-refractivity contribution in [1.29, 1.82) is 0 Å². The highest BCUT2D eigenvalue weighted by Gasteiger charge is 2.01. The number of amides is 1. The van der Waals surface area contributed by atoms with Crippen molar-refractivity contribution >= 4 is 23.4 Å². The molecule has 0 aliphatic heterocycles. The average Bonchev–Trinajstić information content (AvgIpc) is 2.25. The van der Waals surface area contributed by atoms with Crippen molar-refractivity contribution in [2.45, 2.75) is 0 Å². The van der Waals surface area contributed by atoms with Crippen LogP contribution in [0, 0.1) is 0 Å². The van der Waals surface area contributed by atoms with E-state index < -0.39 is 6.09 Å². The van der Waals surface area contributed by atoms with Crippen LogP contribution in [0.15, 0.2) is 36.9 Å². The molecule has 0 aliphatic rings. The molecule has 0 aromatic heterocycles. The zero-order valence-electron chi connectivity index (χ0n) is 8.00. The van der Waals surface area contributed by atoms with Crippen LogP contribution < -0.4 is 10.9 Å². The van der Waals surface area contributed by atoms with Crippen molar-refractivity contribution in [3.8, 4) is 0 Å². The van der Waals surface area contributed by atoms with E-state index in [2.05, 4.69) is 22.2 Å². The van der Waals surface area contributed by atoms with E-state index in [4.69, 9.17) is 11.6 Å². The Bertz CT molecular complexity index is 355. The third kappa shape index (κ3) is 3.91. The highest BCUT2D eigenvalue weighted by Crippen LogP contribution is 2.19. The van der Waals surface area contributed by atoms with E-state index in [1.165, 1.54) is 6.08 Å². The maximum Gasteiger partial charge on any atom is 0.426 e. The van der Waals surface area contributed by atoms with Gasteiger partial charge in [-0.05, 0) is 12.1 Å². The van der Waals surface area contributed by atoms with Gasteiger partial charge in [0.15, 0.2) is 0 Å². The fourth-order valence-corrected chi connectivity index (χ4v) is 1.03. The lowest BCUT2D eigenvalue weighted by Crippen LogP contribution is -2.30. The zero-order chi connectivity index (χ0) is 11.1. The number of hydrazine groups is 1. The Morgan fingerprint density at radius 1 is 1.53 bits per heavy atom. The largest absolute Gasteiger partial charge is 0.444 e. The van der Waals surface area contributed by atoms with Gasteiger partial charge in [0, 0.05) is 0 Å². The summed E-state index contributed by atoms with van der Waals surface area (Å²) < 4.78 is 4.68. The zero-order valence-corrected chi connectivity index (χ0v) is 8.75. The highest BCUT2D eigenvalue weighted by molar-refractivity contribution is 6.33. The predicted octanol–water partition coefficient (Wildman–Crippen LogP) is 2.58. The van der Waals surface area contributed by atoms with Gasteiger partial charge in [0.1, 0.15) is 6.61 Å². The molecule has 1 aromatic carbocycles. The van der Waals surface area contributed by atoms with Gasteiger partial charge in [0.2, 0.25) is 0 Å². The Balaban J connectivity index is 2.40. The molecule has 5 heteroatoms. The summed E-state index contributed by atoms with van der Waals surface area (Å²) in [7, 11) is 0. The summed E-state index contributed by atoms with van der Waals surface area (Å²) in [6, 6.07) is 7.03. The van der Waals surface area contributed by atoms with Gasteiger partial charge in [-0.2, -0.15) is 0 Å². The first-order valence-corrected chi connectivity index (χ1v) is 4.66. The molecule has 0 aliphatic carbocycles. The fraction of sp³-hybridized carbons (Fsp3) is 0.100. The number of carbonyl (C=O) groups excluding carboxylic acids is 1. The predicted molar refractivity (Wildman–Crippen MR) is 59.8 cm³/mol. The summed E-state index contributed by atoms with van der Waals surface area (Å²) in [6.07, 6.45) is 0.893. The first-order chi connectivity index (χ1) is 7.24. The minimum absolute atomic E-state index is 0.163. The van der Waals surface area contributed by atoms with Crippen LogP contribution in [0.25, 0.3) is 0 Å². The van der Waals surface area contributed by atoms with Gasteiger partial charge in [-0.25, -0.2) is 10.2 Å². The van der Waals surface area contributed by atoms with E-state index in [-0.39, 0.29) is 6.61 Å². The van der Waals surface area contributed by atoms with Crippen LogP contribution >= 0.6 is 11.6 Å². The van der Waals surface area contributed by atoms with Crippen LogP contribution in [-0.4, -0.2) is 12.7 Å². The van der Waals surface area contributed by atoms with E-state index >= 15 is 0 Å². The minimum Gasteiger partial charge on any atom is -0.444 e. The molecule has 0 fully saturated rings. The number of ether oxygens (including phenoxy) is 1. The first kappa shape index (κ1) is 11.4.